The number of halogens is 1. The standard InChI is InChI=1S/C17H22FN5O3/c1-17(2,3)26-16(24)19-10-12(9-18)11-25-14-7-5-13(6-8-14)15-20-22-23(4)21-15/h5-9H,10-11H2,1-4H3,(H,19,24)/b12-9-. The molecule has 0 aliphatic heterocycles. The molecule has 0 aliphatic carbocycles. The third-order valence-electron chi connectivity index (χ3n) is 3.06. The molecular formula is C17H22FN5O3. The summed E-state index contributed by atoms with van der Waals surface area (Å²) in [5.74, 6) is 1.05. The van der Waals surface area contributed by atoms with Crippen LogP contribution in [0.4, 0.5) is 9.18 Å². The van der Waals surface area contributed by atoms with Crippen molar-refractivity contribution in [2.45, 2.75) is 26.4 Å². The molecule has 0 spiro atoms. The van der Waals surface area contributed by atoms with E-state index in [-0.39, 0.29) is 18.7 Å². The van der Waals surface area contributed by atoms with Gasteiger partial charge in [0.2, 0.25) is 5.82 Å². The van der Waals surface area contributed by atoms with E-state index in [2.05, 4.69) is 20.7 Å². The molecule has 0 bridgehead atoms. The Balaban J connectivity index is 1.83. The summed E-state index contributed by atoms with van der Waals surface area (Å²) in [6.07, 6.45) is -0.201. The summed E-state index contributed by atoms with van der Waals surface area (Å²) >= 11 is 0. The topological polar surface area (TPSA) is 91.2 Å². The van der Waals surface area contributed by atoms with Gasteiger partial charge in [-0.15, -0.1) is 10.2 Å². The van der Waals surface area contributed by atoms with Crippen molar-refractivity contribution in [3.8, 4) is 17.1 Å². The van der Waals surface area contributed by atoms with Crippen LogP contribution in [0, 0.1) is 0 Å². The maximum atomic E-state index is 13.0. The van der Waals surface area contributed by atoms with E-state index in [1.54, 1.807) is 52.1 Å². The number of carbonyl (C=O) groups is 1. The summed E-state index contributed by atoms with van der Waals surface area (Å²) in [4.78, 5) is 13.0. The highest BCUT2D eigenvalue weighted by Gasteiger charge is 2.16. The van der Waals surface area contributed by atoms with Gasteiger partial charge < -0.3 is 14.8 Å². The molecule has 26 heavy (non-hydrogen) atoms. The first-order chi connectivity index (χ1) is 12.3. The second kappa shape index (κ2) is 8.41. The minimum atomic E-state index is -0.613. The fraction of sp³-hybridized carbons (Fsp3) is 0.412. The first-order valence-electron chi connectivity index (χ1n) is 7.99. The SMILES string of the molecule is Cn1nnc(-c2ccc(OC/C(=C\F)CNC(=O)OC(C)(C)C)cc2)n1. The first-order valence-corrected chi connectivity index (χ1v) is 7.99. The average molecular weight is 363 g/mol. The van der Waals surface area contributed by atoms with Crippen molar-refractivity contribution in [3.05, 3.63) is 36.2 Å². The number of carbonyl (C=O) groups excluding carboxylic acids is 1. The molecule has 0 saturated heterocycles. The van der Waals surface area contributed by atoms with Gasteiger partial charge in [0.15, 0.2) is 0 Å². The largest absolute Gasteiger partial charge is 0.489 e. The Hall–Kier alpha value is -2.97. The summed E-state index contributed by atoms with van der Waals surface area (Å²) in [5, 5.41) is 14.3. The number of hydrogen-bond acceptors (Lipinski definition) is 6. The van der Waals surface area contributed by atoms with E-state index in [4.69, 9.17) is 9.47 Å². The van der Waals surface area contributed by atoms with E-state index in [0.29, 0.717) is 17.9 Å². The fourth-order valence-corrected chi connectivity index (χ4v) is 1.90. The molecule has 1 aromatic carbocycles. The number of aryl methyl sites for hydroxylation is 1. The van der Waals surface area contributed by atoms with E-state index in [1.165, 1.54) is 4.80 Å². The van der Waals surface area contributed by atoms with Crippen LogP contribution < -0.4 is 10.1 Å². The van der Waals surface area contributed by atoms with Crippen LogP contribution in [0.5, 0.6) is 5.75 Å². The zero-order valence-electron chi connectivity index (χ0n) is 15.2. The van der Waals surface area contributed by atoms with Gasteiger partial charge in [0.05, 0.1) is 13.4 Å². The number of amides is 1. The number of nitrogens with zero attached hydrogens (tertiary/aromatic N) is 4. The van der Waals surface area contributed by atoms with Gasteiger partial charge in [-0.2, -0.15) is 4.80 Å². The van der Waals surface area contributed by atoms with Crippen molar-refractivity contribution >= 4 is 6.09 Å². The molecule has 0 fully saturated rings. The summed E-state index contributed by atoms with van der Waals surface area (Å²) in [5.41, 5.74) is 0.453. The second-order valence-corrected chi connectivity index (χ2v) is 6.54. The predicted octanol–water partition coefficient (Wildman–Crippen LogP) is 2.63. The molecule has 0 aliphatic rings. The molecular weight excluding hydrogens is 341 g/mol. The molecule has 0 unspecified atom stereocenters. The third kappa shape index (κ3) is 6.15. The van der Waals surface area contributed by atoms with Crippen LogP contribution in [-0.4, -0.2) is 45.1 Å². The zero-order chi connectivity index (χ0) is 19.2. The van der Waals surface area contributed by atoms with Crippen molar-refractivity contribution < 1.29 is 18.7 Å². The third-order valence-corrected chi connectivity index (χ3v) is 3.06. The Morgan fingerprint density at radius 1 is 1.31 bits per heavy atom. The average Bonchev–Trinajstić information content (AvgIpc) is 3.00. The number of nitrogens with one attached hydrogen (secondary N) is 1. The molecule has 8 nitrogen and oxygen atoms in total. The number of aromatic nitrogens is 4. The lowest BCUT2D eigenvalue weighted by Gasteiger charge is -2.20. The molecule has 1 aromatic heterocycles. The van der Waals surface area contributed by atoms with Gasteiger partial charge in [-0.05, 0) is 50.3 Å². The van der Waals surface area contributed by atoms with Gasteiger partial charge >= 0.3 is 6.09 Å². The number of hydrogen-bond donors (Lipinski definition) is 1. The van der Waals surface area contributed by atoms with Crippen molar-refractivity contribution in [3.63, 3.8) is 0 Å². The number of rotatable bonds is 6. The number of benzene rings is 1. The van der Waals surface area contributed by atoms with Crippen molar-refractivity contribution in [1.29, 1.82) is 0 Å². The number of alkyl carbamates (subject to hydrolysis) is 1. The molecule has 1 heterocycles. The maximum Gasteiger partial charge on any atom is 0.407 e. The van der Waals surface area contributed by atoms with Crippen molar-refractivity contribution in [2.24, 2.45) is 7.05 Å². The van der Waals surface area contributed by atoms with Gasteiger partial charge in [-0.1, -0.05) is 0 Å². The highest BCUT2D eigenvalue weighted by atomic mass is 19.1. The quantitative estimate of drug-likeness (QED) is 0.848. The fourth-order valence-electron chi connectivity index (χ4n) is 1.90. The lowest BCUT2D eigenvalue weighted by molar-refractivity contribution is 0.0531. The molecule has 140 valence electrons. The monoisotopic (exact) mass is 363 g/mol. The molecule has 1 amide bonds. The van der Waals surface area contributed by atoms with Gasteiger partial charge in [-0.25, -0.2) is 9.18 Å². The van der Waals surface area contributed by atoms with Gasteiger partial charge in [0, 0.05) is 17.7 Å². The Morgan fingerprint density at radius 2 is 2.00 bits per heavy atom. The first kappa shape index (κ1) is 19.4. The Kier molecular flexibility index (Phi) is 6.26. The maximum absolute atomic E-state index is 13.0. The lowest BCUT2D eigenvalue weighted by Crippen LogP contribution is -2.34. The summed E-state index contributed by atoms with van der Waals surface area (Å²) in [6.45, 7) is 5.24. The molecule has 0 saturated carbocycles. The second-order valence-electron chi connectivity index (χ2n) is 6.54. The smallest absolute Gasteiger partial charge is 0.407 e. The highest BCUT2D eigenvalue weighted by Crippen LogP contribution is 2.19. The van der Waals surface area contributed by atoms with Crippen LogP contribution in [0.3, 0.4) is 0 Å². The van der Waals surface area contributed by atoms with E-state index in [9.17, 15) is 9.18 Å². The Morgan fingerprint density at radius 3 is 2.54 bits per heavy atom. The van der Waals surface area contributed by atoms with E-state index in [1.807, 2.05) is 0 Å². The lowest BCUT2D eigenvalue weighted by atomic mass is 10.2. The summed E-state index contributed by atoms with van der Waals surface area (Å²) in [7, 11) is 1.68. The molecule has 0 radical (unpaired) electrons. The molecule has 2 aromatic rings. The van der Waals surface area contributed by atoms with E-state index >= 15 is 0 Å². The van der Waals surface area contributed by atoms with Crippen molar-refractivity contribution in [2.75, 3.05) is 13.2 Å². The van der Waals surface area contributed by atoms with E-state index in [0.717, 1.165) is 5.56 Å². The van der Waals surface area contributed by atoms with Crippen LogP contribution in [0.15, 0.2) is 36.2 Å². The van der Waals surface area contributed by atoms with Crippen LogP contribution >= 0.6 is 0 Å². The van der Waals surface area contributed by atoms with Crippen molar-refractivity contribution in [1.82, 2.24) is 25.5 Å². The minimum Gasteiger partial charge on any atom is -0.489 e. The zero-order valence-corrected chi connectivity index (χ0v) is 15.2. The summed E-state index contributed by atoms with van der Waals surface area (Å²) in [6, 6.07) is 7.01. The van der Waals surface area contributed by atoms with Crippen LogP contribution in [0.25, 0.3) is 11.4 Å². The Bertz CT molecular complexity index is 765. The molecule has 0 atom stereocenters. The molecule has 9 heteroatoms. The van der Waals surface area contributed by atoms with Gasteiger partial charge in [-0.3, -0.25) is 0 Å². The normalized spacial score (nSPS) is 12.0. The highest BCUT2D eigenvalue weighted by molar-refractivity contribution is 5.68. The van der Waals surface area contributed by atoms with Crippen LogP contribution in [-0.2, 0) is 11.8 Å². The number of tetrazole rings is 1. The van der Waals surface area contributed by atoms with Crippen LogP contribution in [0.1, 0.15) is 20.8 Å². The Labute approximate surface area is 151 Å². The predicted molar refractivity (Wildman–Crippen MR) is 93.2 cm³/mol. The molecule has 2 rings (SSSR count). The van der Waals surface area contributed by atoms with Gasteiger partial charge in [0.1, 0.15) is 18.0 Å². The number of ether oxygens (including phenoxy) is 2. The minimum absolute atomic E-state index is 0.00492. The molecule has 1 N–H and O–H groups in total. The van der Waals surface area contributed by atoms with E-state index < -0.39 is 11.7 Å². The van der Waals surface area contributed by atoms with Crippen LogP contribution in [0.2, 0.25) is 0 Å². The summed E-state index contributed by atoms with van der Waals surface area (Å²) < 4.78 is 23.6. The van der Waals surface area contributed by atoms with Gasteiger partial charge in [0.25, 0.3) is 0 Å².